The molecule has 0 aliphatic carbocycles. The van der Waals surface area contributed by atoms with Crippen LogP contribution in [0.1, 0.15) is 25.5 Å². The molecule has 1 aliphatic heterocycles. The SMILES string of the molecule is CC(C)c1nn(-c2cccc(F)c2)cc1-c1ccc(N2CCOCC2)cc1. The number of ether oxygens (including phenoxy) is 1. The molecule has 0 atom stereocenters. The second kappa shape index (κ2) is 7.53. The highest BCUT2D eigenvalue weighted by atomic mass is 19.1. The molecule has 0 amide bonds. The monoisotopic (exact) mass is 365 g/mol. The maximum absolute atomic E-state index is 13.6. The van der Waals surface area contributed by atoms with Crippen LogP contribution in [0.2, 0.25) is 0 Å². The van der Waals surface area contributed by atoms with Crippen LogP contribution >= 0.6 is 0 Å². The summed E-state index contributed by atoms with van der Waals surface area (Å²) in [4.78, 5) is 2.34. The maximum Gasteiger partial charge on any atom is 0.125 e. The lowest BCUT2D eigenvalue weighted by molar-refractivity contribution is 0.122. The molecule has 1 aromatic heterocycles. The molecule has 0 radical (unpaired) electrons. The summed E-state index contributed by atoms with van der Waals surface area (Å²) in [5, 5.41) is 4.73. The van der Waals surface area contributed by atoms with Crippen molar-refractivity contribution in [3.05, 3.63) is 66.2 Å². The van der Waals surface area contributed by atoms with Crippen LogP contribution < -0.4 is 4.90 Å². The maximum atomic E-state index is 13.6. The molecule has 2 heterocycles. The second-order valence-corrected chi connectivity index (χ2v) is 7.15. The quantitative estimate of drug-likeness (QED) is 0.675. The Balaban J connectivity index is 1.68. The lowest BCUT2D eigenvalue weighted by atomic mass is 10.00. The highest BCUT2D eigenvalue weighted by Crippen LogP contribution is 2.31. The van der Waals surface area contributed by atoms with Crippen LogP contribution in [0, 0.1) is 5.82 Å². The molecule has 0 bridgehead atoms. The minimum absolute atomic E-state index is 0.259. The number of morpholine rings is 1. The topological polar surface area (TPSA) is 30.3 Å². The number of halogens is 1. The summed E-state index contributed by atoms with van der Waals surface area (Å²) in [6.07, 6.45) is 1.99. The summed E-state index contributed by atoms with van der Waals surface area (Å²) >= 11 is 0. The third kappa shape index (κ3) is 3.74. The third-order valence-electron chi connectivity index (χ3n) is 4.92. The van der Waals surface area contributed by atoms with Crippen LogP contribution in [0.15, 0.2) is 54.7 Å². The van der Waals surface area contributed by atoms with Gasteiger partial charge in [-0.3, -0.25) is 0 Å². The average molecular weight is 365 g/mol. The van der Waals surface area contributed by atoms with Crippen LogP contribution in [0.5, 0.6) is 0 Å². The summed E-state index contributed by atoms with van der Waals surface area (Å²) in [7, 11) is 0. The first-order valence-electron chi connectivity index (χ1n) is 9.40. The van der Waals surface area contributed by atoms with E-state index in [2.05, 4.69) is 43.0 Å². The summed E-state index contributed by atoms with van der Waals surface area (Å²) in [5.74, 6) is 0.0132. The Morgan fingerprint density at radius 1 is 1.00 bits per heavy atom. The molecule has 140 valence electrons. The fourth-order valence-corrected chi connectivity index (χ4v) is 3.46. The van der Waals surface area contributed by atoms with Crippen LogP contribution in [0.4, 0.5) is 10.1 Å². The molecule has 0 spiro atoms. The number of hydrogen-bond donors (Lipinski definition) is 0. The number of anilines is 1. The highest BCUT2D eigenvalue weighted by Gasteiger charge is 2.16. The molecule has 0 unspecified atom stereocenters. The van der Waals surface area contributed by atoms with E-state index in [9.17, 15) is 4.39 Å². The van der Waals surface area contributed by atoms with E-state index in [4.69, 9.17) is 9.84 Å². The molecule has 0 saturated carbocycles. The smallest absolute Gasteiger partial charge is 0.125 e. The fourth-order valence-electron chi connectivity index (χ4n) is 3.46. The zero-order chi connectivity index (χ0) is 18.8. The van der Waals surface area contributed by atoms with Crippen molar-refractivity contribution in [1.29, 1.82) is 0 Å². The van der Waals surface area contributed by atoms with Gasteiger partial charge >= 0.3 is 0 Å². The summed E-state index contributed by atoms with van der Waals surface area (Å²) < 4.78 is 20.8. The molecule has 4 rings (SSSR count). The summed E-state index contributed by atoms with van der Waals surface area (Å²) in [6, 6.07) is 15.1. The van der Waals surface area contributed by atoms with E-state index in [-0.39, 0.29) is 11.7 Å². The van der Waals surface area contributed by atoms with Crippen molar-refractivity contribution in [3.8, 4) is 16.8 Å². The van der Waals surface area contributed by atoms with Gasteiger partial charge in [0.25, 0.3) is 0 Å². The number of hydrogen-bond acceptors (Lipinski definition) is 3. The predicted octanol–water partition coefficient (Wildman–Crippen LogP) is 4.64. The van der Waals surface area contributed by atoms with Crippen LogP contribution in [-0.2, 0) is 4.74 Å². The molecule has 3 aromatic rings. The van der Waals surface area contributed by atoms with Gasteiger partial charge in [0.2, 0.25) is 0 Å². The van der Waals surface area contributed by atoms with Gasteiger partial charge in [0.1, 0.15) is 5.82 Å². The minimum atomic E-state index is -0.259. The molecular formula is C22H24FN3O. The van der Waals surface area contributed by atoms with Gasteiger partial charge in [-0.1, -0.05) is 32.0 Å². The molecule has 1 saturated heterocycles. The van der Waals surface area contributed by atoms with E-state index in [1.807, 2.05) is 12.3 Å². The molecule has 1 fully saturated rings. The van der Waals surface area contributed by atoms with Gasteiger partial charge in [0.15, 0.2) is 0 Å². The Kier molecular flexibility index (Phi) is 4.94. The first-order valence-corrected chi connectivity index (χ1v) is 9.40. The van der Waals surface area contributed by atoms with Gasteiger partial charge in [0, 0.05) is 30.5 Å². The van der Waals surface area contributed by atoms with Gasteiger partial charge in [-0.05, 0) is 41.8 Å². The van der Waals surface area contributed by atoms with E-state index in [1.165, 1.54) is 17.8 Å². The summed E-state index contributed by atoms with van der Waals surface area (Å²) in [5.41, 5.74) is 5.17. The third-order valence-corrected chi connectivity index (χ3v) is 4.92. The van der Waals surface area contributed by atoms with Gasteiger partial charge in [-0.25, -0.2) is 9.07 Å². The van der Waals surface area contributed by atoms with Crippen molar-refractivity contribution in [1.82, 2.24) is 9.78 Å². The van der Waals surface area contributed by atoms with Crippen molar-refractivity contribution in [3.63, 3.8) is 0 Å². The standard InChI is InChI=1S/C22H24FN3O/c1-16(2)22-21(15-26(24-22)20-5-3-4-18(23)14-20)17-6-8-19(9-7-17)25-10-12-27-13-11-25/h3-9,14-16H,10-13H2,1-2H3. The highest BCUT2D eigenvalue weighted by molar-refractivity contribution is 5.69. The van der Waals surface area contributed by atoms with Crippen LogP contribution in [0.25, 0.3) is 16.8 Å². The van der Waals surface area contributed by atoms with Crippen molar-refractivity contribution in [2.24, 2.45) is 0 Å². The van der Waals surface area contributed by atoms with Crippen molar-refractivity contribution < 1.29 is 9.13 Å². The first kappa shape index (κ1) is 17.7. The Bertz CT molecular complexity index is 912. The van der Waals surface area contributed by atoms with Crippen molar-refractivity contribution >= 4 is 5.69 Å². The zero-order valence-electron chi connectivity index (χ0n) is 15.7. The molecule has 2 aromatic carbocycles. The van der Waals surface area contributed by atoms with E-state index in [0.29, 0.717) is 0 Å². The number of benzene rings is 2. The van der Waals surface area contributed by atoms with Gasteiger partial charge < -0.3 is 9.64 Å². The van der Waals surface area contributed by atoms with E-state index < -0.39 is 0 Å². The minimum Gasteiger partial charge on any atom is -0.378 e. The Hall–Kier alpha value is -2.66. The van der Waals surface area contributed by atoms with Crippen LogP contribution in [-0.4, -0.2) is 36.1 Å². The Morgan fingerprint density at radius 3 is 2.41 bits per heavy atom. The largest absolute Gasteiger partial charge is 0.378 e. The normalized spacial score (nSPS) is 14.7. The first-order chi connectivity index (χ1) is 13.1. The van der Waals surface area contributed by atoms with Crippen LogP contribution in [0.3, 0.4) is 0 Å². The molecule has 4 nitrogen and oxygen atoms in total. The van der Waals surface area contributed by atoms with Gasteiger partial charge in [-0.15, -0.1) is 0 Å². The van der Waals surface area contributed by atoms with Gasteiger partial charge in [0.05, 0.1) is 24.6 Å². The van der Waals surface area contributed by atoms with E-state index >= 15 is 0 Å². The Labute approximate surface area is 159 Å². The average Bonchev–Trinajstić information content (AvgIpc) is 3.15. The Morgan fingerprint density at radius 2 is 1.74 bits per heavy atom. The zero-order valence-corrected chi connectivity index (χ0v) is 15.7. The second-order valence-electron chi connectivity index (χ2n) is 7.15. The molecule has 0 N–H and O–H groups in total. The number of aromatic nitrogens is 2. The van der Waals surface area contributed by atoms with E-state index in [1.54, 1.807) is 10.7 Å². The predicted molar refractivity (Wildman–Crippen MR) is 106 cm³/mol. The fraction of sp³-hybridized carbons (Fsp3) is 0.318. The number of rotatable bonds is 4. The molecule has 5 heteroatoms. The van der Waals surface area contributed by atoms with E-state index in [0.717, 1.165) is 48.8 Å². The summed E-state index contributed by atoms with van der Waals surface area (Å²) in [6.45, 7) is 7.66. The van der Waals surface area contributed by atoms with Gasteiger partial charge in [-0.2, -0.15) is 5.10 Å². The number of nitrogens with zero attached hydrogens (tertiary/aromatic N) is 3. The lowest BCUT2D eigenvalue weighted by Gasteiger charge is -2.28. The molecule has 27 heavy (non-hydrogen) atoms. The van der Waals surface area contributed by atoms with Crippen molar-refractivity contribution in [2.45, 2.75) is 19.8 Å². The van der Waals surface area contributed by atoms with Crippen molar-refractivity contribution in [2.75, 3.05) is 31.2 Å². The molecule has 1 aliphatic rings. The molecular weight excluding hydrogens is 341 g/mol. The lowest BCUT2D eigenvalue weighted by Crippen LogP contribution is -2.36.